The summed E-state index contributed by atoms with van der Waals surface area (Å²) in [5.41, 5.74) is 12.8. The van der Waals surface area contributed by atoms with Crippen LogP contribution in [0.25, 0.3) is 22.5 Å². The molecule has 0 amide bonds. The maximum absolute atomic E-state index is 11.1. The van der Waals surface area contributed by atoms with Crippen molar-refractivity contribution in [3.8, 4) is 34.7 Å². The van der Waals surface area contributed by atoms with Crippen molar-refractivity contribution >= 4 is 44.4 Å². The number of nitrogens with zero attached hydrogens (tertiary/aromatic N) is 4. The number of rotatable bonds is 5. The van der Waals surface area contributed by atoms with Crippen molar-refractivity contribution < 1.29 is 4.79 Å². The monoisotopic (exact) mass is 627 g/mol. The van der Waals surface area contributed by atoms with E-state index in [2.05, 4.69) is 49.5 Å². The van der Waals surface area contributed by atoms with Crippen molar-refractivity contribution in [1.29, 1.82) is 10.5 Å². The number of ketones is 1. The van der Waals surface area contributed by atoms with E-state index in [-0.39, 0.29) is 5.78 Å². The van der Waals surface area contributed by atoms with Crippen molar-refractivity contribution in [3.63, 3.8) is 0 Å². The summed E-state index contributed by atoms with van der Waals surface area (Å²) >= 11 is 6.38. The highest BCUT2D eigenvalue weighted by atomic mass is 79.9. The van der Waals surface area contributed by atoms with Gasteiger partial charge in [0.2, 0.25) is 0 Å². The number of halogens is 1. The third-order valence-corrected chi connectivity index (χ3v) is 7.55. The lowest BCUT2D eigenvalue weighted by atomic mass is 10.1. The molecule has 0 aliphatic heterocycles. The zero-order valence-electron chi connectivity index (χ0n) is 22.0. The summed E-state index contributed by atoms with van der Waals surface area (Å²) in [6.07, 6.45) is 0. The van der Waals surface area contributed by atoms with E-state index in [1.807, 2.05) is 61.7 Å². The Balaban J connectivity index is 0.000000166. The average molecular weight is 629 g/mol. The van der Waals surface area contributed by atoms with E-state index in [9.17, 15) is 4.79 Å². The first kappa shape index (κ1) is 30.6. The second-order valence-corrected chi connectivity index (χ2v) is 11.0. The number of nitriles is 2. The predicted octanol–water partition coefficient (Wildman–Crippen LogP) is 7.70. The van der Waals surface area contributed by atoms with Gasteiger partial charge in [-0.05, 0) is 43.7 Å². The third-order valence-electron chi connectivity index (χ3n) is 5.49. The van der Waals surface area contributed by atoms with Crippen molar-refractivity contribution in [2.24, 2.45) is 5.73 Å². The highest BCUT2D eigenvalue weighted by Crippen LogP contribution is 2.22. The van der Waals surface area contributed by atoms with E-state index in [0.717, 1.165) is 38.1 Å². The predicted molar refractivity (Wildman–Crippen MR) is 166 cm³/mol. The fourth-order valence-corrected chi connectivity index (χ4v) is 4.89. The lowest BCUT2D eigenvalue weighted by Crippen LogP contribution is -1.98. The maximum Gasteiger partial charge on any atom is 0.173 e. The Morgan fingerprint density at radius 3 is 1.55 bits per heavy atom. The van der Waals surface area contributed by atoms with Crippen LogP contribution in [0.2, 0.25) is 0 Å². The second kappa shape index (κ2) is 15.6. The minimum Gasteiger partial charge on any atom is -0.326 e. The van der Waals surface area contributed by atoms with Crippen LogP contribution < -0.4 is 5.73 Å². The second-order valence-electron chi connectivity index (χ2n) is 8.34. The first-order valence-electron chi connectivity index (χ1n) is 12.1. The molecule has 0 atom stereocenters. The minimum absolute atomic E-state index is 0.0273. The zero-order chi connectivity index (χ0) is 28.9. The van der Waals surface area contributed by atoms with Crippen LogP contribution in [0.5, 0.6) is 0 Å². The molecule has 0 fully saturated rings. The van der Waals surface area contributed by atoms with E-state index in [4.69, 9.17) is 16.3 Å². The summed E-state index contributed by atoms with van der Waals surface area (Å²) < 4.78 is 0. The molecule has 0 aliphatic carbocycles. The van der Waals surface area contributed by atoms with Crippen LogP contribution in [0, 0.1) is 36.5 Å². The first-order chi connectivity index (χ1) is 19.4. The highest BCUT2D eigenvalue weighted by molar-refractivity contribution is 9.09. The van der Waals surface area contributed by atoms with Gasteiger partial charge in [0.1, 0.15) is 0 Å². The van der Waals surface area contributed by atoms with Crippen molar-refractivity contribution in [1.82, 2.24) is 9.97 Å². The van der Waals surface area contributed by atoms with Crippen molar-refractivity contribution in [2.75, 3.05) is 5.33 Å². The van der Waals surface area contributed by atoms with Crippen molar-refractivity contribution in [3.05, 3.63) is 116 Å². The lowest BCUT2D eigenvalue weighted by Gasteiger charge is -1.98. The van der Waals surface area contributed by atoms with Crippen LogP contribution in [0.15, 0.2) is 83.6 Å². The summed E-state index contributed by atoms with van der Waals surface area (Å²) in [6, 6.07) is 26.4. The number of hydrogen-bond donors (Lipinski definition) is 1. The number of hydrogen-bond acceptors (Lipinski definition) is 8. The first-order valence-corrected chi connectivity index (χ1v) is 15.0. The Hall–Kier alpha value is -3.99. The van der Waals surface area contributed by atoms with E-state index < -0.39 is 0 Å². The van der Waals surface area contributed by atoms with Crippen LogP contribution in [-0.2, 0) is 6.54 Å². The zero-order valence-corrected chi connectivity index (χ0v) is 25.2. The number of nitrogens with two attached hydrogens (primary N) is 1. The number of carbonyl (C=O) groups excluding carboxylic acids is 1. The number of thiazole rings is 2. The molecule has 3 aromatic carbocycles. The largest absolute Gasteiger partial charge is 0.326 e. The highest BCUT2D eigenvalue weighted by Gasteiger charge is 2.03. The number of aryl methyl sites for hydroxylation is 2. The quantitative estimate of drug-likeness (QED) is 0.158. The number of carbonyl (C=O) groups is 1. The molecule has 5 rings (SSSR count). The van der Waals surface area contributed by atoms with Crippen LogP contribution >= 0.6 is 38.6 Å². The summed E-state index contributed by atoms with van der Waals surface area (Å²) in [5.74, 6) is 0.0273. The normalized spacial score (nSPS) is 9.75. The van der Waals surface area contributed by atoms with E-state index in [0.29, 0.717) is 28.6 Å². The standard InChI is InChI=1S/C11H12N2S.C11H8N2S.C9H6BrNO/c2*1-8-13-11(7-14-8)10-4-2-9(6-12)3-5-10;10-5-9(12)8-3-1-7(6-11)2-4-8/h2-5,7H,6,12H2,1H3;2-5,7H,1H3;1-4H,5H2. The summed E-state index contributed by atoms with van der Waals surface area (Å²) in [6.45, 7) is 4.59. The maximum atomic E-state index is 11.1. The summed E-state index contributed by atoms with van der Waals surface area (Å²) in [5, 5.41) is 23.7. The van der Waals surface area contributed by atoms with Gasteiger partial charge in [0.15, 0.2) is 5.78 Å². The molecule has 9 heteroatoms. The average Bonchev–Trinajstić information content (AvgIpc) is 3.65. The van der Waals surface area contributed by atoms with Gasteiger partial charge >= 0.3 is 0 Å². The van der Waals surface area contributed by atoms with Gasteiger partial charge in [-0.2, -0.15) is 10.5 Å². The van der Waals surface area contributed by atoms with Gasteiger partial charge in [0.05, 0.1) is 50.0 Å². The van der Waals surface area contributed by atoms with Gasteiger partial charge in [0.25, 0.3) is 0 Å². The van der Waals surface area contributed by atoms with E-state index in [1.165, 1.54) is 0 Å². The molecule has 0 radical (unpaired) electrons. The molecule has 6 nitrogen and oxygen atoms in total. The number of aromatic nitrogens is 2. The molecule has 0 bridgehead atoms. The van der Waals surface area contributed by atoms with Gasteiger partial charge in [-0.25, -0.2) is 9.97 Å². The molecule has 5 aromatic rings. The Kier molecular flexibility index (Phi) is 11.9. The van der Waals surface area contributed by atoms with E-state index >= 15 is 0 Å². The van der Waals surface area contributed by atoms with Gasteiger partial charge in [-0.15, -0.1) is 22.7 Å². The summed E-state index contributed by atoms with van der Waals surface area (Å²) in [4.78, 5) is 19.9. The SMILES string of the molecule is Cc1nc(-c2ccc(C#N)cc2)cs1.Cc1nc(-c2ccc(CN)cc2)cs1.N#Cc1ccc(C(=O)CBr)cc1. The van der Waals surface area contributed by atoms with Gasteiger partial charge in [-0.3, -0.25) is 4.79 Å². The smallest absolute Gasteiger partial charge is 0.173 e. The number of Topliss-reactive ketones (excluding diaryl/α,β-unsaturated/α-hetero) is 1. The molecular weight excluding hydrogens is 602 g/mol. The molecule has 0 saturated carbocycles. The molecule has 40 heavy (non-hydrogen) atoms. The Morgan fingerprint density at radius 1 is 0.775 bits per heavy atom. The molecule has 2 heterocycles. The van der Waals surface area contributed by atoms with Crippen LogP contribution in [0.4, 0.5) is 0 Å². The molecule has 0 aliphatic rings. The Morgan fingerprint density at radius 2 is 1.20 bits per heavy atom. The van der Waals surface area contributed by atoms with E-state index in [1.54, 1.807) is 46.9 Å². The van der Waals surface area contributed by atoms with Gasteiger partial charge in [-0.1, -0.05) is 64.5 Å². The molecule has 0 spiro atoms. The molecule has 200 valence electrons. The minimum atomic E-state index is 0.0273. The Labute approximate surface area is 250 Å². The van der Waals surface area contributed by atoms with Crippen LogP contribution in [-0.4, -0.2) is 21.1 Å². The fourth-order valence-electron chi connectivity index (χ4n) is 3.33. The van der Waals surface area contributed by atoms with Gasteiger partial charge in [0, 0.05) is 34.0 Å². The van der Waals surface area contributed by atoms with Crippen LogP contribution in [0.1, 0.15) is 37.1 Å². The number of benzene rings is 3. The lowest BCUT2D eigenvalue weighted by molar-refractivity contribution is 0.102. The summed E-state index contributed by atoms with van der Waals surface area (Å²) in [7, 11) is 0. The Bertz CT molecular complexity index is 1610. The topological polar surface area (TPSA) is 116 Å². The van der Waals surface area contributed by atoms with Gasteiger partial charge < -0.3 is 5.73 Å². The van der Waals surface area contributed by atoms with Crippen LogP contribution in [0.3, 0.4) is 0 Å². The molecule has 0 saturated heterocycles. The fraction of sp³-hybridized carbons (Fsp3) is 0.129. The molecular formula is C31H26BrN5OS2. The number of alkyl halides is 1. The molecule has 0 unspecified atom stereocenters. The molecule has 2 N–H and O–H groups in total. The molecule has 2 aromatic heterocycles. The third kappa shape index (κ3) is 9.04. The van der Waals surface area contributed by atoms with Crippen molar-refractivity contribution in [2.45, 2.75) is 20.4 Å².